The molecule has 19 heavy (non-hydrogen) atoms. The molecule has 2 unspecified atom stereocenters. The van der Waals surface area contributed by atoms with Gasteiger partial charge in [0.1, 0.15) is 13.1 Å². The summed E-state index contributed by atoms with van der Waals surface area (Å²) in [4.78, 5) is 0. The van der Waals surface area contributed by atoms with Gasteiger partial charge in [0.15, 0.2) is 0 Å². The Morgan fingerprint density at radius 3 is 2.21 bits per heavy atom. The maximum atomic E-state index is 2.37. The van der Waals surface area contributed by atoms with E-state index in [1.54, 1.807) is 11.1 Å². The first-order valence-electron chi connectivity index (χ1n) is 7.80. The first kappa shape index (κ1) is 13.6. The summed E-state index contributed by atoms with van der Waals surface area (Å²) in [6.07, 6.45) is 8.97. The number of fused-ring (bicyclic) bond motifs is 3. The second-order valence-corrected chi connectivity index (χ2v) is 6.78. The summed E-state index contributed by atoms with van der Waals surface area (Å²) >= 11 is 0. The third kappa shape index (κ3) is 2.17. The van der Waals surface area contributed by atoms with E-state index < -0.39 is 0 Å². The molecule has 1 aromatic rings. The standard InChI is InChI=1S/C17H24N.BrH/c1-2-8-16-13-18(12-15(16)7-1)11-5-9-14-6-3-4-10-17(14)18;/h1-2,7-8,14,17H,3-6,9-13H2;1H/q+1;/p-1. The third-order valence-corrected chi connectivity index (χ3v) is 5.84. The van der Waals surface area contributed by atoms with Crippen molar-refractivity contribution in [2.75, 3.05) is 6.54 Å². The zero-order valence-electron chi connectivity index (χ0n) is 11.7. The van der Waals surface area contributed by atoms with E-state index in [1.165, 1.54) is 62.6 Å². The van der Waals surface area contributed by atoms with Crippen LogP contribution in [-0.4, -0.2) is 17.1 Å². The Morgan fingerprint density at radius 1 is 0.842 bits per heavy atom. The fraction of sp³-hybridized carbons (Fsp3) is 0.647. The third-order valence-electron chi connectivity index (χ3n) is 5.84. The van der Waals surface area contributed by atoms with Gasteiger partial charge in [-0.1, -0.05) is 30.7 Å². The van der Waals surface area contributed by atoms with Crippen LogP contribution in [0.2, 0.25) is 0 Å². The van der Waals surface area contributed by atoms with Crippen molar-refractivity contribution in [1.29, 1.82) is 0 Å². The second-order valence-electron chi connectivity index (χ2n) is 6.78. The summed E-state index contributed by atoms with van der Waals surface area (Å²) in [5.41, 5.74) is 3.28. The lowest BCUT2D eigenvalue weighted by Crippen LogP contribution is -3.00. The van der Waals surface area contributed by atoms with E-state index in [0.29, 0.717) is 0 Å². The molecule has 4 rings (SSSR count). The number of benzene rings is 1. The van der Waals surface area contributed by atoms with Crippen LogP contribution >= 0.6 is 0 Å². The van der Waals surface area contributed by atoms with Crippen LogP contribution in [0.5, 0.6) is 0 Å². The Morgan fingerprint density at radius 2 is 1.47 bits per heavy atom. The molecule has 2 aliphatic heterocycles. The van der Waals surface area contributed by atoms with Gasteiger partial charge in [-0.25, -0.2) is 0 Å². The highest BCUT2D eigenvalue weighted by atomic mass is 79.9. The Hall–Kier alpha value is -0.340. The summed E-state index contributed by atoms with van der Waals surface area (Å²) in [5, 5.41) is 0. The molecule has 104 valence electrons. The van der Waals surface area contributed by atoms with Crippen molar-refractivity contribution in [2.24, 2.45) is 5.92 Å². The van der Waals surface area contributed by atoms with Crippen molar-refractivity contribution in [3.8, 4) is 0 Å². The molecule has 1 saturated carbocycles. The van der Waals surface area contributed by atoms with Gasteiger partial charge in [0.25, 0.3) is 0 Å². The SMILES string of the molecule is [Br-].c1ccc2c(c1)C[N+]1(CCCC3CCCCC31)C2. The lowest BCUT2D eigenvalue weighted by Gasteiger charge is -2.50. The van der Waals surface area contributed by atoms with Crippen LogP contribution in [-0.2, 0) is 13.1 Å². The average molecular weight is 322 g/mol. The number of quaternary nitrogens is 1. The number of hydrogen-bond donors (Lipinski definition) is 0. The van der Waals surface area contributed by atoms with Crippen LogP contribution in [0.15, 0.2) is 24.3 Å². The van der Waals surface area contributed by atoms with Crippen LogP contribution in [0.4, 0.5) is 0 Å². The molecule has 1 nitrogen and oxygen atoms in total. The van der Waals surface area contributed by atoms with Gasteiger partial charge >= 0.3 is 0 Å². The van der Waals surface area contributed by atoms with E-state index in [0.717, 1.165) is 12.0 Å². The topological polar surface area (TPSA) is 0 Å². The zero-order valence-corrected chi connectivity index (χ0v) is 13.2. The first-order chi connectivity index (χ1) is 8.87. The van der Waals surface area contributed by atoms with Crippen LogP contribution in [0.3, 0.4) is 0 Å². The molecule has 0 bridgehead atoms. The van der Waals surface area contributed by atoms with Gasteiger partial charge in [-0.2, -0.15) is 0 Å². The van der Waals surface area contributed by atoms with Crippen molar-refractivity contribution in [3.63, 3.8) is 0 Å². The van der Waals surface area contributed by atoms with Crippen molar-refractivity contribution >= 4 is 0 Å². The first-order valence-corrected chi connectivity index (χ1v) is 7.80. The summed E-state index contributed by atoms with van der Waals surface area (Å²) in [6, 6.07) is 10.2. The summed E-state index contributed by atoms with van der Waals surface area (Å²) in [7, 11) is 0. The zero-order chi connectivity index (χ0) is 12.0. The monoisotopic (exact) mass is 321 g/mol. The van der Waals surface area contributed by atoms with Gasteiger partial charge in [0, 0.05) is 17.0 Å². The highest BCUT2D eigenvalue weighted by Gasteiger charge is 2.48. The Bertz CT molecular complexity index is 429. The Kier molecular flexibility index (Phi) is 3.74. The molecule has 0 N–H and O–H groups in total. The van der Waals surface area contributed by atoms with Crippen LogP contribution in [0, 0.1) is 5.92 Å². The van der Waals surface area contributed by atoms with E-state index in [4.69, 9.17) is 0 Å². The largest absolute Gasteiger partial charge is 1.00 e. The quantitative estimate of drug-likeness (QED) is 0.622. The normalized spacial score (nSPS) is 31.4. The highest BCUT2D eigenvalue weighted by molar-refractivity contribution is 5.28. The van der Waals surface area contributed by atoms with Crippen molar-refractivity contribution in [1.82, 2.24) is 0 Å². The summed E-state index contributed by atoms with van der Waals surface area (Å²) < 4.78 is 1.42. The van der Waals surface area contributed by atoms with Crippen LogP contribution < -0.4 is 17.0 Å². The highest BCUT2D eigenvalue weighted by Crippen LogP contribution is 2.45. The van der Waals surface area contributed by atoms with Crippen molar-refractivity contribution in [3.05, 3.63) is 35.4 Å². The number of rotatable bonds is 0. The molecular formula is C17H24BrN. The molecule has 1 aromatic carbocycles. The van der Waals surface area contributed by atoms with Gasteiger partial charge in [0.2, 0.25) is 0 Å². The molecule has 0 aromatic heterocycles. The molecule has 1 aliphatic carbocycles. The average Bonchev–Trinajstić information content (AvgIpc) is 2.78. The van der Waals surface area contributed by atoms with E-state index in [9.17, 15) is 0 Å². The van der Waals surface area contributed by atoms with Crippen molar-refractivity contribution in [2.45, 2.75) is 57.7 Å². The minimum absolute atomic E-state index is 0. The molecule has 3 aliphatic rings. The maximum Gasteiger partial charge on any atom is 0.105 e. The molecule has 1 saturated heterocycles. The predicted molar refractivity (Wildman–Crippen MR) is 74.0 cm³/mol. The molecule has 0 radical (unpaired) electrons. The number of hydrogen-bond acceptors (Lipinski definition) is 0. The molecule has 2 fully saturated rings. The summed E-state index contributed by atoms with van der Waals surface area (Å²) in [6.45, 7) is 4.10. The van der Waals surface area contributed by atoms with Gasteiger partial charge in [-0.05, 0) is 32.1 Å². The lowest BCUT2D eigenvalue weighted by atomic mass is 9.77. The molecule has 0 amide bonds. The number of piperidine rings is 1. The fourth-order valence-electron chi connectivity index (χ4n) is 5.07. The fourth-order valence-corrected chi connectivity index (χ4v) is 5.07. The molecular weight excluding hydrogens is 298 g/mol. The Labute approximate surface area is 127 Å². The van der Waals surface area contributed by atoms with E-state index in [2.05, 4.69) is 24.3 Å². The van der Waals surface area contributed by atoms with E-state index >= 15 is 0 Å². The molecule has 2 atom stereocenters. The van der Waals surface area contributed by atoms with Gasteiger partial charge in [0.05, 0.1) is 12.6 Å². The van der Waals surface area contributed by atoms with Crippen LogP contribution in [0.25, 0.3) is 0 Å². The van der Waals surface area contributed by atoms with Crippen LogP contribution in [0.1, 0.15) is 49.7 Å². The molecule has 1 spiro atoms. The van der Waals surface area contributed by atoms with Gasteiger partial charge < -0.3 is 21.5 Å². The van der Waals surface area contributed by atoms with Crippen molar-refractivity contribution < 1.29 is 21.5 Å². The Balaban J connectivity index is 0.00000110. The number of halogens is 1. The smallest absolute Gasteiger partial charge is 0.105 e. The lowest BCUT2D eigenvalue weighted by molar-refractivity contribution is -0.979. The summed E-state index contributed by atoms with van der Waals surface area (Å²) in [5.74, 6) is 1.04. The number of nitrogens with zero attached hydrogens (tertiary/aromatic N) is 1. The predicted octanol–water partition coefficient (Wildman–Crippen LogP) is 0.874. The maximum absolute atomic E-state index is 2.37. The minimum atomic E-state index is 0. The van der Waals surface area contributed by atoms with Gasteiger partial charge in [-0.15, -0.1) is 0 Å². The van der Waals surface area contributed by atoms with E-state index in [1.807, 2.05) is 0 Å². The minimum Gasteiger partial charge on any atom is -1.00 e. The second kappa shape index (κ2) is 5.21. The molecule has 2 heteroatoms. The molecule has 2 heterocycles. The van der Waals surface area contributed by atoms with E-state index in [-0.39, 0.29) is 17.0 Å². The van der Waals surface area contributed by atoms with Gasteiger partial charge in [-0.3, -0.25) is 0 Å².